The summed E-state index contributed by atoms with van der Waals surface area (Å²) in [5.41, 5.74) is 0. The summed E-state index contributed by atoms with van der Waals surface area (Å²) in [6.45, 7) is 3.37. The molecule has 1 fully saturated rings. The Morgan fingerprint density at radius 2 is 2.15 bits per heavy atom. The summed E-state index contributed by atoms with van der Waals surface area (Å²) in [4.78, 5) is 30.6. The van der Waals surface area contributed by atoms with Crippen LogP contribution in [0.3, 0.4) is 0 Å². The van der Waals surface area contributed by atoms with Crippen molar-refractivity contribution in [1.82, 2.24) is 30.3 Å². The molecule has 1 aliphatic heterocycles. The predicted octanol–water partition coefficient (Wildman–Crippen LogP) is 1.21. The van der Waals surface area contributed by atoms with E-state index in [0.717, 1.165) is 5.76 Å². The van der Waals surface area contributed by atoms with Gasteiger partial charge in [-0.25, -0.2) is 9.78 Å². The van der Waals surface area contributed by atoms with E-state index >= 15 is 0 Å². The van der Waals surface area contributed by atoms with Gasteiger partial charge >= 0.3 is 6.03 Å². The van der Waals surface area contributed by atoms with E-state index < -0.39 is 0 Å². The lowest BCUT2D eigenvalue weighted by Gasteiger charge is -2.32. The largest absolute Gasteiger partial charge is 0.467 e. The average Bonchev–Trinajstić information content (AvgIpc) is 3.31. The van der Waals surface area contributed by atoms with Gasteiger partial charge in [0.2, 0.25) is 5.91 Å². The average molecular weight is 360 g/mol. The number of piperidine rings is 1. The molecule has 9 nitrogen and oxygen atoms in total. The monoisotopic (exact) mass is 360 g/mol. The van der Waals surface area contributed by atoms with Gasteiger partial charge in [-0.3, -0.25) is 9.48 Å². The van der Waals surface area contributed by atoms with Crippen molar-refractivity contribution in [3.8, 4) is 0 Å². The molecule has 0 radical (unpaired) electrons. The first-order valence-electron chi connectivity index (χ1n) is 8.74. The highest BCUT2D eigenvalue weighted by Crippen LogP contribution is 2.18. The number of urea groups is 1. The number of aromatic nitrogens is 3. The summed E-state index contributed by atoms with van der Waals surface area (Å²) < 4.78 is 6.85. The summed E-state index contributed by atoms with van der Waals surface area (Å²) in [6.07, 6.45) is 4.34. The van der Waals surface area contributed by atoms with Crippen LogP contribution in [-0.2, 0) is 18.4 Å². The van der Waals surface area contributed by atoms with Crippen LogP contribution in [0.15, 0.2) is 29.1 Å². The second-order valence-electron chi connectivity index (χ2n) is 6.47. The van der Waals surface area contributed by atoms with E-state index in [1.165, 1.54) is 6.33 Å². The number of rotatable bonds is 5. The van der Waals surface area contributed by atoms with Gasteiger partial charge in [0, 0.05) is 26.1 Å². The predicted molar refractivity (Wildman–Crippen MR) is 92.8 cm³/mol. The number of likely N-dealkylation sites (tertiary alicyclic amines) is 1. The van der Waals surface area contributed by atoms with Crippen LogP contribution >= 0.6 is 0 Å². The normalized spacial score (nSPS) is 16.3. The number of nitrogens with zero attached hydrogens (tertiary/aromatic N) is 4. The van der Waals surface area contributed by atoms with E-state index in [9.17, 15) is 9.59 Å². The van der Waals surface area contributed by atoms with Gasteiger partial charge in [0.15, 0.2) is 0 Å². The Labute approximate surface area is 151 Å². The molecule has 1 saturated heterocycles. The van der Waals surface area contributed by atoms with E-state index in [-0.39, 0.29) is 23.9 Å². The highest BCUT2D eigenvalue weighted by atomic mass is 16.3. The van der Waals surface area contributed by atoms with Crippen LogP contribution in [0.5, 0.6) is 0 Å². The fourth-order valence-electron chi connectivity index (χ4n) is 3.11. The third-order valence-electron chi connectivity index (χ3n) is 4.64. The van der Waals surface area contributed by atoms with Crippen molar-refractivity contribution in [2.45, 2.75) is 32.4 Å². The molecule has 26 heavy (non-hydrogen) atoms. The first kappa shape index (κ1) is 18.0. The second-order valence-corrected chi connectivity index (χ2v) is 6.47. The SMILES string of the molecule is C[C@@H](NC(=O)N1CCC(C(=O)NCc2ccco2)CC1)c1ncnn1C. The Balaban J connectivity index is 1.43. The Morgan fingerprint density at radius 1 is 1.38 bits per heavy atom. The van der Waals surface area contributed by atoms with Crippen LogP contribution in [0.1, 0.15) is 37.4 Å². The molecule has 2 aromatic heterocycles. The van der Waals surface area contributed by atoms with Gasteiger partial charge in [-0.1, -0.05) is 0 Å². The zero-order valence-corrected chi connectivity index (χ0v) is 15.0. The van der Waals surface area contributed by atoms with Gasteiger partial charge in [0.1, 0.15) is 17.9 Å². The van der Waals surface area contributed by atoms with Crippen LogP contribution in [0.25, 0.3) is 0 Å². The van der Waals surface area contributed by atoms with Gasteiger partial charge in [-0.2, -0.15) is 5.10 Å². The number of carbonyl (C=O) groups excluding carboxylic acids is 2. The third-order valence-corrected chi connectivity index (χ3v) is 4.64. The van der Waals surface area contributed by atoms with Gasteiger partial charge < -0.3 is 20.0 Å². The minimum Gasteiger partial charge on any atom is -0.467 e. The van der Waals surface area contributed by atoms with Crippen molar-refractivity contribution in [1.29, 1.82) is 0 Å². The smallest absolute Gasteiger partial charge is 0.317 e. The summed E-state index contributed by atoms with van der Waals surface area (Å²) >= 11 is 0. The Hall–Kier alpha value is -2.84. The van der Waals surface area contributed by atoms with Crippen molar-refractivity contribution in [2.75, 3.05) is 13.1 Å². The molecule has 1 atom stereocenters. The Morgan fingerprint density at radius 3 is 2.77 bits per heavy atom. The number of nitrogens with one attached hydrogen (secondary N) is 2. The van der Waals surface area contributed by atoms with Gasteiger partial charge in [-0.05, 0) is 31.9 Å². The van der Waals surface area contributed by atoms with Crippen molar-refractivity contribution in [3.63, 3.8) is 0 Å². The highest BCUT2D eigenvalue weighted by molar-refractivity contribution is 5.79. The molecule has 3 amide bonds. The maximum absolute atomic E-state index is 12.4. The minimum atomic E-state index is -0.232. The number of amides is 3. The molecule has 0 saturated carbocycles. The standard InChI is InChI=1S/C17H24N6O3/c1-12(15-19-11-20-22(15)2)21-17(25)23-7-5-13(6-8-23)16(24)18-10-14-4-3-9-26-14/h3-4,9,11-13H,5-8,10H2,1-2H3,(H,18,24)(H,21,25)/t12-/m1/s1. The van der Waals surface area contributed by atoms with Crippen LogP contribution in [-0.4, -0.2) is 44.7 Å². The molecule has 2 N–H and O–H groups in total. The van der Waals surface area contributed by atoms with Crippen LogP contribution < -0.4 is 10.6 Å². The first-order chi connectivity index (χ1) is 12.5. The molecule has 3 rings (SSSR count). The van der Waals surface area contributed by atoms with Crippen LogP contribution in [0.4, 0.5) is 4.79 Å². The molecule has 0 unspecified atom stereocenters. The lowest BCUT2D eigenvalue weighted by Crippen LogP contribution is -2.47. The van der Waals surface area contributed by atoms with Crippen molar-refractivity contribution >= 4 is 11.9 Å². The maximum atomic E-state index is 12.4. The molecule has 0 bridgehead atoms. The summed E-state index contributed by atoms with van der Waals surface area (Å²) in [7, 11) is 1.79. The third kappa shape index (κ3) is 4.22. The molecule has 140 valence electrons. The van der Waals surface area contributed by atoms with Gasteiger partial charge in [-0.15, -0.1) is 0 Å². The molecule has 0 aromatic carbocycles. The van der Waals surface area contributed by atoms with E-state index in [1.807, 2.05) is 13.0 Å². The van der Waals surface area contributed by atoms with E-state index in [2.05, 4.69) is 20.7 Å². The van der Waals surface area contributed by atoms with Crippen LogP contribution in [0, 0.1) is 5.92 Å². The van der Waals surface area contributed by atoms with Crippen molar-refractivity contribution in [2.24, 2.45) is 13.0 Å². The van der Waals surface area contributed by atoms with Gasteiger partial charge in [0.25, 0.3) is 0 Å². The van der Waals surface area contributed by atoms with E-state index in [0.29, 0.717) is 38.3 Å². The number of hydrogen-bond donors (Lipinski definition) is 2. The topological polar surface area (TPSA) is 105 Å². The van der Waals surface area contributed by atoms with E-state index in [1.54, 1.807) is 29.0 Å². The van der Waals surface area contributed by atoms with Crippen molar-refractivity contribution < 1.29 is 14.0 Å². The summed E-state index contributed by atoms with van der Waals surface area (Å²) in [5.74, 6) is 1.36. The first-order valence-corrected chi connectivity index (χ1v) is 8.74. The molecule has 0 aliphatic carbocycles. The number of hydrogen-bond acceptors (Lipinski definition) is 5. The fourth-order valence-corrected chi connectivity index (χ4v) is 3.11. The molecule has 1 aliphatic rings. The maximum Gasteiger partial charge on any atom is 0.317 e. The molecule has 2 aromatic rings. The van der Waals surface area contributed by atoms with E-state index in [4.69, 9.17) is 4.42 Å². The zero-order chi connectivity index (χ0) is 18.5. The number of carbonyl (C=O) groups is 2. The quantitative estimate of drug-likeness (QED) is 0.834. The molecular weight excluding hydrogens is 336 g/mol. The minimum absolute atomic E-state index is 0.00825. The fraction of sp³-hybridized carbons (Fsp3) is 0.529. The lowest BCUT2D eigenvalue weighted by molar-refractivity contribution is -0.126. The molecule has 3 heterocycles. The van der Waals surface area contributed by atoms with Crippen molar-refractivity contribution in [3.05, 3.63) is 36.3 Å². The Kier molecular flexibility index (Phi) is 5.55. The summed E-state index contributed by atoms with van der Waals surface area (Å²) in [5, 5.41) is 9.83. The number of furan rings is 1. The lowest BCUT2D eigenvalue weighted by atomic mass is 9.96. The zero-order valence-electron chi connectivity index (χ0n) is 15.0. The Bertz CT molecular complexity index is 734. The molecule has 0 spiro atoms. The highest BCUT2D eigenvalue weighted by Gasteiger charge is 2.28. The summed E-state index contributed by atoms with van der Waals surface area (Å²) in [6, 6.07) is 3.24. The van der Waals surface area contributed by atoms with Gasteiger partial charge in [0.05, 0.1) is 18.8 Å². The molecule has 9 heteroatoms. The van der Waals surface area contributed by atoms with Crippen LogP contribution in [0.2, 0.25) is 0 Å². The molecular formula is C17H24N6O3. The number of aryl methyl sites for hydroxylation is 1. The second kappa shape index (κ2) is 8.03.